The number of morpholine rings is 1. The van der Waals surface area contributed by atoms with Gasteiger partial charge in [0.05, 0.1) is 13.2 Å². The Morgan fingerprint density at radius 1 is 1.07 bits per heavy atom. The maximum atomic E-state index is 12.8. The molecule has 1 aromatic rings. The fourth-order valence-corrected chi connectivity index (χ4v) is 3.78. The van der Waals surface area contributed by atoms with Gasteiger partial charge in [0.1, 0.15) is 6.04 Å². The van der Waals surface area contributed by atoms with Gasteiger partial charge in [0, 0.05) is 45.7 Å². The quantitative estimate of drug-likeness (QED) is 0.761. The molecular formula is C21H29N3O4. The van der Waals surface area contributed by atoms with Crippen molar-refractivity contribution in [3.8, 4) is 0 Å². The summed E-state index contributed by atoms with van der Waals surface area (Å²) in [6.45, 7) is 3.00. The van der Waals surface area contributed by atoms with Crippen molar-refractivity contribution in [2.45, 2.75) is 31.7 Å². The van der Waals surface area contributed by atoms with E-state index in [1.807, 2.05) is 17.0 Å². The molecule has 7 nitrogen and oxygen atoms in total. The summed E-state index contributed by atoms with van der Waals surface area (Å²) >= 11 is 0. The number of benzene rings is 1. The van der Waals surface area contributed by atoms with Gasteiger partial charge >= 0.3 is 0 Å². The lowest BCUT2D eigenvalue weighted by atomic mass is 10.1. The van der Waals surface area contributed by atoms with Crippen molar-refractivity contribution >= 4 is 17.7 Å². The molecule has 0 spiro atoms. The van der Waals surface area contributed by atoms with Gasteiger partial charge in [-0.05, 0) is 37.0 Å². The molecule has 0 aliphatic carbocycles. The first-order chi connectivity index (χ1) is 13.5. The molecule has 3 rings (SSSR count). The third-order valence-electron chi connectivity index (χ3n) is 5.42. The summed E-state index contributed by atoms with van der Waals surface area (Å²) in [6, 6.07) is 7.05. The normalized spacial score (nSPS) is 19.6. The van der Waals surface area contributed by atoms with Crippen LogP contribution in [0.5, 0.6) is 0 Å². The molecule has 152 valence electrons. The Labute approximate surface area is 166 Å². The van der Waals surface area contributed by atoms with Gasteiger partial charge in [-0.25, -0.2) is 0 Å². The summed E-state index contributed by atoms with van der Waals surface area (Å²) in [5, 5.41) is 0. The molecule has 1 atom stereocenters. The van der Waals surface area contributed by atoms with E-state index in [1.165, 1.54) is 4.90 Å². The molecule has 0 N–H and O–H groups in total. The maximum absolute atomic E-state index is 12.8. The Kier molecular flexibility index (Phi) is 6.67. The van der Waals surface area contributed by atoms with Crippen molar-refractivity contribution in [1.29, 1.82) is 0 Å². The highest BCUT2D eigenvalue weighted by Gasteiger charge is 2.36. The highest BCUT2D eigenvalue weighted by Crippen LogP contribution is 2.21. The van der Waals surface area contributed by atoms with E-state index in [1.54, 1.807) is 31.1 Å². The molecular weight excluding hydrogens is 358 g/mol. The Balaban J connectivity index is 1.55. The van der Waals surface area contributed by atoms with E-state index in [9.17, 15) is 14.4 Å². The molecule has 0 bridgehead atoms. The Hall–Kier alpha value is -2.41. The number of carbonyl (C=O) groups is 3. The summed E-state index contributed by atoms with van der Waals surface area (Å²) in [5.74, 6) is 0.0439. The molecule has 28 heavy (non-hydrogen) atoms. The SMILES string of the molecule is CN(C)C(=O)c1ccc(CCC(=O)N2CCC[C@H]2C(=O)N2CCOCC2)cc1. The topological polar surface area (TPSA) is 70.2 Å². The van der Waals surface area contributed by atoms with Gasteiger partial charge < -0.3 is 19.4 Å². The minimum atomic E-state index is -0.328. The van der Waals surface area contributed by atoms with Crippen LogP contribution in [0.15, 0.2) is 24.3 Å². The lowest BCUT2D eigenvalue weighted by molar-refractivity contribution is -0.146. The van der Waals surface area contributed by atoms with Gasteiger partial charge in [0.2, 0.25) is 11.8 Å². The number of hydrogen-bond donors (Lipinski definition) is 0. The van der Waals surface area contributed by atoms with Crippen molar-refractivity contribution in [3.63, 3.8) is 0 Å². The lowest BCUT2D eigenvalue weighted by Crippen LogP contribution is -2.51. The summed E-state index contributed by atoms with van der Waals surface area (Å²) in [4.78, 5) is 42.6. The van der Waals surface area contributed by atoms with Crippen LogP contribution in [0.2, 0.25) is 0 Å². The number of ether oxygens (including phenoxy) is 1. The summed E-state index contributed by atoms with van der Waals surface area (Å²) < 4.78 is 5.31. The Morgan fingerprint density at radius 2 is 1.75 bits per heavy atom. The predicted molar refractivity (Wildman–Crippen MR) is 105 cm³/mol. The standard InChI is InChI=1S/C21H29N3O4/c1-22(2)20(26)17-8-5-16(6-9-17)7-10-19(25)24-11-3-4-18(24)21(27)23-12-14-28-15-13-23/h5-6,8-9,18H,3-4,7,10-15H2,1-2H3/t18-/m0/s1. The van der Waals surface area contributed by atoms with Crippen LogP contribution in [-0.4, -0.2) is 85.4 Å². The number of rotatable bonds is 5. The van der Waals surface area contributed by atoms with Crippen LogP contribution in [0, 0.1) is 0 Å². The smallest absolute Gasteiger partial charge is 0.253 e. The molecule has 1 aromatic carbocycles. The molecule has 3 amide bonds. The van der Waals surface area contributed by atoms with E-state index < -0.39 is 0 Å². The number of aryl methyl sites for hydroxylation is 1. The summed E-state index contributed by atoms with van der Waals surface area (Å²) in [7, 11) is 3.44. The molecule has 0 unspecified atom stereocenters. The molecule has 2 heterocycles. The van der Waals surface area contributed by atoms with Crippen LogP contribution >= 0.6 is 0 Å². The van der Waals surface area contributed by atoms with Gasteiger partial charge in [-0.1, -0.05) is 12.1 Å². The fraction of sp³-hybridized carbons (Fsp3) is 0.571. The monoisotopic (exact) mass is 387 g/mol. The van der Waals surface area contributed by atoms with Crippen molar-refractivity contribution in [2.75, 3.05) is 46.9 Å². The second-order valence-corrected chi connectivity index (χ2v) is 7.58. The molecule has 0 radical (unpaired) electrons. The van der Waals surface area contributed by atoms with Gasteiger partial charge in [-0.2, -0.15) is 0 Å². The maximum Gasteiger partial charge on any atom is 0.253 e. The summed E-state index contributed by atoms with van der Waals surface area (Å²) in [5.41, 5.74) is 1.65. The third kappa shape index (κ3) is 4.70. The largest absolute Gasteiger partial charge is 0.378 e. The molecule has 2 aliphatic rings. The average Bonchev–Trinajstić information content (AvgIpc) is 3.22. The van der Waals surface area contributed by atoms with Crippen LogP contribution < -0.4 is 0 Å². The van der Waals surface area contributed by atoms with E-state index in [0.717, 1.165) is 18.4 Å². The van der Waals surface area contributed by atoms with Crippen LogP contribution in [0.25, 0.3) is 0 Å². The van der Waals surface area contributed by atoms with E-state index in [-0.39, 0.29) is 23.8 Å². The predicted octanol–water partition coefficient (Wildman–Crippen LogP) is 1.17. The van der Waals surface area contributed by atoms with Crippen LogP contribution in [0.4, 0.5) is 0 Å². The number of likely N-dealkylation sites (tertiary alicyclic amines) is 1. The molecule has 0 aromatic heterocycles. The van der Waals surface area contributed by atoms with Crippen molar-refractivity contribution in [2.24, 2.45) is 0 Å². The number of carbonyl (C=O) groups excluding carboxylic acids is 3. The molecule has 7 heteroatoms. The van der Waals surface area contributed by atoms with Crippen molar-refractivity contribution < 1.29 is 19.1 Å². The minimum Gasteiger partial charge on any atom is -0.378 e. The first-order valence-electron chi connectivity index (χ1n) is 9.94. The number of amides is 3. The fourth-order valence-electron chi connectivity index (χ4n) is 3.78. The van der Waals surface area contributed by atoms with Crippen LogP contribution in [-0.2, 0) is 20.7 Å². The lowest BCUT2D eigenvalue weighted by Gasteiger charge is -2.32. The average molecular weight is 387 g/mol. The van der Waals surface area contributed by atoms with Crippen LogP contribution in [0.3, 0.4) is 0 Å². The van der Waals surface area contributed by atoms with Gasteiger partial charge in [0.15, 0.2) is 0 Å². The summed E-state index contributed by atoms with van der Waals surface area (Å²) in [6.07, 6.45) is 2.58. The Bertz CT molecular complexity index is 711. The Morgan fingerprint density at radius 3 is 2.39 bits per heavy atom. The van der Waals surface area contributed by atoms with Crippen LogP contribution in [0.1, 0.15) is 35.2 Å². The highest BCUT2D eigenvalue weighted by atomic mass is 16.5. The zero-order valence-electron chi connectivity index (χ0n) is 16.7. The van der Waals surface area contributed by atoms with E-state index >= 15 is 0 Å². The third-order valence-corrected chi connectivity index (χ3v) is 5.42. The van der Waals surface area contributed by atoms with E-state index in [4.69, 9.17) is 4.74 Å². The van der Waals surface area contributed by atoms with Crippen molar-refractivity contribution in [3.05, 3.63) is 35.4 Å². The number of nitrogens with zero attached hydrogens (tertiary/aromatic N) is 3. The minimum absolute atomic E-state index is 0.0255. The molecule has 2 aliphatic heterocycles. The molecule has 2 fully saturated rings. The van der Waals surface area contributed by atoms with Gasteiger partial charge in [0.25, 0.3) is 5.91 Å². The van der Waals surface area contributed by atoms with Gasteiger partial charge in [-0.3, -0.25) is 14.4 Å². The molecule has 0 saturated carbocycles. The zero-order valence-corrected chi connectivity index (χ0v) is 16.7. The first-order valence-corrected chi connectivity index (χ1v) is 9.94. The first kappa shape index (κ1) is 20.3. The van der Waals surface area contributed by atoms with E-state index in [2.05, 4.69) is 0 Å². The molecule has 2 saturated heterocycles. The van der Waals surface area contributed by atoms with E-state index in [0.29, 0.717) is 51.3 Å². The second-order valence-electron chi connectivity index (χ2n) is 7.58. The zero-order chi connectivity index (χ0) is 20.1. The highest BCUT2D eigenvalue weighted by molar-refractivity contribution is 5.94. The second kappa shape index (κ2) is 9.19. The number of hydrogen-bond acceptors (Lipinski definition) is 4. The van der Waals surface area contributed by atoms with Crippen molar-refractivity contribution in [1.82, 2.24) is 14.7 Å². The van der Waals surface area contributed by atoms with Gasteiger partial charge in [-0.15, -0.1) is 0 Å².